The SMILES string of the molecule is NC(=O)c1ccc(-c2ccc(C(=O)N3CCN4CCC[C@H]4C3)cc2)s1. The Labute approximate surface area is 151 Å². The number of fused-ring (bicyclic) bond motifs is 1. The summed E-state index contributed by atoms with van der Waals surface area (Å²) in [4.78, 5) is 30.0. The van der Waals surface area contributed by atoms with Crippen LogP contribution in [0.4, 0.5) is 0 Å². The number of carbonyl (C=O) groups excluding carboxylic acids is 2. The molecule has 5 nitrogen and oxygen atoms in total. The summed E-state index contributed by atoms with van der Waals surface area (Å²) in [7, 11) is 0. The number of primary amides is 1. The van der Waals surface area contributed by atoms with Gasteiger partial charge in [0.1, 0.15) is 0 Å². The summed E-state index contributed by atoms with van der Waals surface area (Å²) < 4.78 is 0. The molecule has 2 aliphatic rings. The number of nitrogens with two attached hydrogens (primary N) is 1. The van der Waals surface area contributed by atoms with Crippen LogP contribution in [-0.2, 0) is 0 Å². The van der Waals surface area contributed by atoms with E-state index in [9.17, 15) is 9.59 Å². The number of hydrogen-bond donors (Lipinski definition) is 1. The van der Waals surface area contributed by atoms with Gasteiger partial charge in [0, 0.05) is 36.1 Å². The van der Waals surface area contributed by atoms with Gasteiger partial charge >= 0.3 is 0 Å². The molecule has 0 spiro atoms. The van der Waals surface area contributed by atoms with E-state index in [2.05, 4.69) is 4.90 Å². The molecule has 2 fully saturated rings. The van der Waals surface area contributed by atoms with E-state index in [-0.39, 0.29) is 5.91 Å². The molecule has 0 bridgehead atoms. The zero-order valence-corrected chi connectivity index (χ0v) is 14.8. The molecular weight excluding hydrogens is 334 g/mol. The molecular formula is C19H21N3O2S. The quantitative estimate of drug-likeness (QED) is 0.920. The molecule has 2 N–H and O–H groups in total. The van der Waals surface area contributed by atoms with Crippen LogP contribution in [0, 0.1) is 0 Å². The minimum Gasteiger partial charge on any atom is -0.365 e. The van der Waals surface area contributed by atoms with Crippen LogP contribution < -0.4 is 5.73 Å². The average Bonchev–Trinajstić information content (AvgIpc) is 3.30. The minimum absolute atomic E-state index is 0.113. The van der Waals surface area contributed by atoms with Gasteiger partial charge in [0.25, 0.3) is 11.8 Å². The second kappa shape index (κ2) is 6.61. The molecule has 3 heterocycles. The first-order valence-electron chi connectivity index (χ1n) is 8.65. The van der Waals surface area contributed by atoms with E-state index in [0.717, 1.165) is 35.6 Å². The number of nitrogens with zero attached hydrogens (tertiary/aromatic N) is 2. The molecule has 2 amide bonds. The summed E-state index contributed by atoms with van der Waals surface area (Å²) in [6.07, 6.45) is 2.44. The van der Waals surface area contributed by atoms with E-state index in [1.165, 1.54) is 30.7 Å². The Bertz CT molecular complexity index is 799. The third kappa shape index (κ3) is 3.19. The van der Waals surface area contributed by atoms with Crippen LogP contribution in [0.5, 0.6) is 0 Å². The zero-order valence-electron chi connectivity index (χ0n) is 14.0. The molecule has 130 valence electrons. The maximum atomic E-state index is 12.8. The second-order valence-corrected chi connectivity index (χ2v) is 7.77. The molecule has 0 aliphatic carbocycles. The zero-order chi connectivity index (χ0) is 17.4. The van der Waals surface area contributed by atoms with E-state index >= 15 is 0 Å². The molecule has 4 rings (SSSR count). The maximum Gasteiger partial charge on any atom is 0.258 e. The Balaban J connectivity index is 1.47. The number of hydrogen-bond acceptors (Lipinski definition) is 4. The highest BCUT2D eigenvalue weighted by molar-refractivity contribution is 7.17. The van der Waals surface area contributed by atoms with E-state index in [1.54, 1.807) is 6.07 Å². The van der Waals surface area contributed by atoms with Crippen LogP contribution in [-0.4, -0.2) is 53.8 Å². The van der Waals surface area contributed by atoms with Crippen LogP contribution in [0.2, 0.25) is 0 Å². The molecule has 2 aromatic rings. The van der Waals surface area contributed by atoms with Crippen molar-refractivity contribution in [3.05, 3.63) is 46.8 Å². The molecule has 25 heavy (non-hydrogen) atoms. The van der Waals surface area contributed by atoms with Crippen LogP contribution in [0.25, 0.3) is 10.4 Å². The highest BCUT2D eigenvalue weighted by Gasteiger charge is 2.32. The first-order chi connectivity index (χ1) is 12.1. The maximum absolute atomic E-state index is 12.8. The number of amides is 2. The minimum atomic E-state index is -0.408. The van der Waals surface area contributed by atoms with E-state index in [4.69, 9.17) is 5.73 Å². The Hall–Kier alpha value is -2.18. The predicted octanol–water partition coefficient (Wildman–Crippen LogP) is 2.43. The summed E-state index contributed by atoms with van der Waals surface area (Å²) >= 11 is 1.37. The van der Waals surface area contributed by atoms with Crippen molar-refractivity contribution in [2.75, 3.05) is 26.2 Å². The first kappa shape index (κ1) is 16.3. The predicted molar refractivity (Wildman–Crippen MR) is 98.8 cm³/mol. The standard InChI is InChI=1S/C19H21N3O2S/c20-18(23)17-8-7-16(25-17)13-3-5-14(6-4-13)19(24)22-11-10-21-9-1-2-15(21)12-22/h3-8,15H,1-2,9-12H2,(H2,20,23)/t15-/m0/s1. The smallest absolute Gasteiger partial charge is 0.258 e. The lowest BCUT2D eigenvalue weighted by molar-refractivity contribution is 0.0571. The fraction of sp³-hybridized carbons (Fsp3) is 0.368. The van der Waals surface area contributed by atoms with Gasteiger partial charge in [-0.15, -0.1) is 11.3 Å². The van der Waals surface area contributed by atoms with Crippen molar-refractivity contribution in [2.45, 2.75) is 18.9 Å². The Morgan fingerprint density at radius 2 is 1.84 bits per heavy atom. The van der Waals surface area contributed by atoms with Gasteiger partial charge in [0.15, 0.2) is 0 Å². The number of thiophene rings is 1. The van der Waals surface area contributed by atoms with Crippen molar-refractivity contribution in [3.63, 3.8) is 0 Å². The largest absolute Gasteiger partial charge is 0.365 e. The summed E-state index contributed by atoms with van der Waals surface area (Å²) in [5.41, 5.74) is 7.03. The Kier molecular flexibility index (Phi) is 4.31. The van der Waals surface area contributed by atoms with Gasteiger partial charge in [-0.3, -0.25) is 14.5 Å². The number of benzene rings is 1. The van der Waals surface area contributed by atoms with Crippen LogP contribution in [0.15, 0.2) is 36.4 Å². The second-order valence-electron chi connectivity index (χ2n) is 6.69. The fourth-order valence-electron chi connectivity index (χ4n) is 3.76. The van der Waals surface area contributed by atoms with Gasteiger partial charge in [0.2, 0.25) is 0 Å². The van der Waals surface area contributed by atoms with Gasteiger partial charge < -0.3 is 10.6 Å². The molecule has 1 aromatic heterocycles. The van der Waals surface area contributed by atoms with Crippen molar-refractivity contribution in [1.29, 1.82) is 0 Å². The summed E-state index contributed by atoms with van der Waals surface area (Å²) in [6.45, 7) is 3.81. The molecule has 1 atom stereocenters. The Morgan fingerprint density at radius 3 is 2.56 bits per heavy atom. The number of piperazine rings is 1. The number of rotatable bonds is 3. The fourth-order valence-corrected chi connectivity index (χ4v) is 4.62. The van der Waals surface area contributed by atoms with Crippen molar-refractivity contribution in [1.82, 2.24) is 9.80 Å². The molecule has 6 heteroatoms. The average molecular weight is 355 g/mol. The lowest BCUT2D eigenvalue weighted by Gasteiger charge is -2.37. The summed E-state index contributed by atoms with van der Waals surface area (Å²) in [5, 5.41) is 0. The molecule has 1 aromatic carbocycles. The van der Waals surface area contributed by atoms with Crippen molar-refractivity contribution in [2.24, 2.45) is 5.73 Å². The Morgan fingerprint density at radius 1 is 1.04 bits per heavy atom. The first-order valence-corrected chi connectivity index (χ1v) is 9.47. The molecule has 0 unspecified atom stereocenters. The van der Waals surface area contributed by atoms with Crippen molar-refractivity contribution < 1.29 is 9.59 Å². The monoisotopic (exact) mass is 355 g/mol. The van der Waals surface area contributed by atoms with Gasteiger partial charge in [0.05, 0.1) is 4.88 Å². The van der Waals surface area contributed by atoms with E-state index in [0.29, 0.717) is 10.9 Å². The molecule has 2 saturated heterocycles. The van der Waals surface area contributed by atoms with Crippen molar-refractivity contribution >= 4 is 23.2 Å². The van der Waals surface area contributed by atoms with Gasteiger partial charge in [-0.1, -0.05) is 12.1 Å². The molecule has 0 saturated carbocycles. The van der Waals surface area contributed by atoms with E-state index in [1.807, 2.05) is 35.2 Å². The van der Waals surface area contributed by atoms with Crippen molar-refractivity contribution in [3.8, 4) is 10.4 Å². The van der Waals surface area contributed by atoms with Crippen LogP contribution in [0.1, 0.15) is 32.9 Å². The molecule has 0 radical (unpaired) electrons. The highest BCUT2D eigenvalue weighted by atomic mass is 32.1. The highest BCUT2D eigenvalue weighted by Crippen LogP contribution is 2.28. The van der Waals surface area contributed by atoms with Gasteiger partial charge in [-0.25, -0.2) is 0 Å². The lowest BCUT2D eigenvalue weighted by Crippen LogP contribution is -2.52. The number of carbonyl (C=O) groups is 2. The van der Waals surface area contributed by atoms with Crippen LogP contribution >= 0.6 is 11.3 Å². The third-order valence-electron chi connectivity index (χ3n) is 5.14. The topological polar surface area (TPSA) is 66.6 Å². The third-order valence-corrected chi connectivity index (χ3v) is 6.29. The molecule has 2 aliphatic heterocycles. The summed E-state index contributed by atoms with van der Waals surface area (Å²) in [5.74, 6) is -0.295. The lowest BCUT2D eigenvalue weighted by atomic mass is 10.1. The normalized spacial score (nSPS) is 20.5. The van der Waals surface area contributed by atoms with E-state index < -0.39 is 5.91 Å². The van der Waals surface area contributed by atoms with Gasteiger partial charge in [-0.2, -0.15) is 0 Å². The van der Waals surface area contributed by atoms with Crippen LogP contribution in [0.3, 0.4) is 0 Å². The van der Waals surface area contributed by atoms with Gasteiger partial charge in [-0.05, 0) is 49.2 Å². The summed E-state index contributed by atoms with van der Waals surface area (Å²) in [6, 6.07) is 11.8.